The topological polar surface area (TPSA) is 78.5 Å². The maximum Gasteiger partial charge on any atom is 0.242 e. The molecule has 1 aliphatic heterocycles. The van der Waals surface area contributed by atoms with Gasteiger partial charge in [0, 0.05) is 13.1 Å². The first kappa shape index (κ1) is 22.1. The molecule has 2 aliphatic rings. The van der Waals surface area contributed by atoms with Gasteiger partial charge in [0.25, 0.3) is 0 Å². The summed E-state index contributed by atoms with van der Waals surface area (Å²) in [6.45, 7) is 1.19. The lowest BCUT2D eigenvalue weighted by Gasteiger charge is -2.33. The average molecular weight is 434 g/mol. The SMILES string of the molecule is O=C1CC(c2ccccc2)N(C(=O)CNC(=O)C2(c3ccccc3)CC2)CCCCCN1. The number of hydrogen-bond donors (Lipinski definition) is 2. The van der Waals surface area contributed by atoms with E-state index in [0.29, 0.717) is 13.1 Å². The smallest absolute Gasteiger partial charge is 0.242 e. The van der Waals surface area contributed by atoms with Crippen molar-refractivity contribution >= 4 is 17.7 Å². The molecule has 168 valence electrons. The van der Waals surface area contributed by atoms with Gasteiger partial charge in [0.1, 0.15) is 0 Å². The van der Waals surface area contributed by atoms with Crippen molar-refractivity contribution in [1.82, 2.24) is 15.5 Å². The molecule has 4 rings (SSSR count). The minimum atomic E-state index is -0.508. The van der Waals surface area contributed by atoms with Gasteiger partial charge in [0.2, 0.25) is 17.7 Å². The lowest BCUT2D eigenvalue weighted by molar-refractivity contribution is -0.136. The predicted molar refractivity (Wildman–Crippen MR) is 123 cm³/mol. The third-order valence-electron chi connectivity index (χ3n) is 6.57. The lowest BCUT2D eigenvalue weighted by atomic mass is 9.95. The van der Waals surface area contributed by atoms with Gasteiger partial charge in [-0.05, 0) is 43.2 Å². The summed E-state index contributed by atoms with van der Waals surface area (Å²) in [7, 11) is 0. The van der Waals surface area contributed by atoms with E-state index in [-0.39, 0.29) is 36.7 Å². The molecule has 0 radical (unpaired) electrons. The summed E-state index contributed by atoms with van der Waals surface area (Å²) in [5.41, 5.74) is 1.43. The molecule has 0 bridgehead atoms. The number of nitrogens with zero attached hydrogens (tertiary/aromatic N) is 1. The molecule has 6 nitrogen and oxygen atoms in total. The van der Waals surface area contributed by atoms with Crippen molar-refractivity contribution in [3.8, 4) is 0 Å². The molecular formula is C26H31N3O3. The van der Waals surface area contributed by atoms with Gasteiger partial charge >= 0.3 is 0 Å². The molecule has 0 aromatic heterocycles. The molecule has 2 N–H and O–H groups in total. The Hall–Kier alpha value is -3.15. The molecule has 1 aliphatic carbocycles. The van der Waals surface area contributed by atoms with Gasteiger partial charge in [-0.25, -0.2) is 0 Å². The Morgan fingerprint density at radius 2 is 1.66 bits per heavy atom. The monoisotopic (exact) mass is 433 g/mol. The van der Waals surface area contributed by atoms with Crippen LogP contribution in [-0.4, -0.2) is 42.3 Å². The number of nitrogens with one attached hydrogen (secondary N) is 2. The van der Waals surface area contributed by atoms with E-state index in [9.17, 15) is 14.4 Å². The zero-order valence-corrected chi connectivity index (χ0v) is 18.4. The van der Waals surface area contributed by atoms with Crippen molar-refractivity contribution in [3.63, 3.8) is 0 Å². The Kier molecular flexibility index (Phi) is 6.88. The quantitative estimate of drug-likeness (QED) is 0.761. The second kappa shape index (κ2) is 9.98. The Bertz CT molecular complexity index is 941. The zero-order chi connectivity index (χ0) is 22.4. The van der Waals surface area contributed by atoms with Gasteiger partial charge in [-0.15, -0.1) is 0 Å². The van der Waals surface area contributed by atoms with E-state index in [1.807, 2.05) is 60.7 Å². The highest BCUT2D eigenvalue weighted by Crippen LogP contribution is 2.48. The van der Waals surface area contributed by atoms with Gasteiger partial charge in [-0.3, -0.25) is 14.4 Å². The number of benzene rings is 2. The fourth-order valence-electron chi connectivity index (χ4n) is 4.55. The molecule has 3 amide bonds. The number of rotatable bonds is 5. The number of amides is 3. The molecule has 2 fully saturated rings. The summed E-state index contributed by atoms with van der Waals surface area (Å²) in [4.78, 5) is 40.6. The zero-order valence-electron chi connectivity index (χ0n) is 18.4. The molecular weight excluding hydrogens is 402 g/mol. The van der Waals surface area contributed by atoms with Crippen molar-refractivity contribution in [3.05, 3.63) is 71.8 Å². The summed E-state index contributed by atoms with van der Waals surface area (Å²) in [6, 6.07) is 19.1. The van der Waals surface area contributed by atoms with Crippen LogP contribution in [0.1, 0.15) is 55.7 Å². The van der Waals surface area contributed by atoms with Gasteiger partial charge in [-0.1, -0.05) is 60.7 Å². The predicted octanol–water partition coefficient (Wildman–Crippen LogP) is 3.09. The molecule has 32 heavy (non-hydrogen) atoms. The average Bonchev–Trinajstić information content (AvgIpc) is 3.64. The second-order valence-electron chi connectivity index (χ2n) is 8.76. The van der Waals surface area contributed by atoms with Crippen LogP contribution < -0.4 is 10.6 Å². The van der Waals surface area contributed by atoms with Gasteiger partial charge in [0.05, 0.1) is 24.4 Å². The van der Waals surface area contributed by atoms with E-state index in [0.717, 1.165) is 43.2 Å². The number of hydrogen-bond acceptors (Lipinski definition) is 3. The first-order chi connectivity index (χ1) is 15.6. The Morgan fingerprint density at radius 1 is 0.969 bits per heavy atom. The highest BCUT2D eigenvalue weighted by molar-refractivity contribution is 5.94. The van der Waals surface area contributed by atoms with Gasteiger partial charge in [-0.2, -0.15) is 0 Å². The third kappa shape index (κ3) is 5.01. The van der Waals surface area contributed by atoms with Crippen LogP contribution in [0.25, 0.3) is 0 Å². The summed E-state index contributed by atoms with van der Waals surface area (Å²) in [5.74, 6) is -0.292. The molecule has 0 spiro atoms. The van der Waals surface area contributed by atoms with Crippen LogP contribution in [0.5, 0.6) is 0 Å². The molecule has 1 saturated heterocycles. The third-order valence-corrected chi connectivity index (χ3v) is 6.57. The van der Waals surface area contributed by atoms with E-state index in [1.54, 1.807) is 4.90 Å². The fraction of sp³-hybridized carbons (Fsp3) is 0.423. The van der Waals surface area contributed by atoms with Crippen molar-refractivity contribution in [2.75, 3.05) is 19.6 Å². The highest BCUT2D eigenvalue weighted by Gasteiger charge is 2.51. The first-order valence-electron chi connectivity index (χ1n) is 11.6. The van der Waals surface area contributed by atoms with E-state index in [2.05, 4.69) is 10.6 Å². The lowest BCUT2D eigenvalue weighted by Crippen LogP contribution is -2.46. The van der Waals surface area contributed by atoms with Crippen molar-refractivity contribution < 1.29 is 14.4 Å². The molecule has 1 heterocycles. The van der Waals surface area contributed by atoms with Crippen LogP contribution in [0.2, 0.25) is 0 Å². The Morgan fingerprint density at radius 3 is 2.34 bits per heavy atom. The van der Waals surface area contributed by atoms with Crippen LogP contribution in [-0.2, 0) is 19.8 Å². The standard InChI is InChI=1S/C26H31N3O3/c30-23-18-22(20-10-4-1-5-11-20)29(17-9-3-8-16-27-23)24(31)19-28-25(32)26(14-15-26)21-12-6-2-7-13-21/h1-2,4-7,10-13,22H,3,8-9,14-19H2,(H,27,30)(H,28,32). The fourth-order valence-corrected chi connectivity index (χ4v) is 4.55. The van der Waals surface area contributed by atoms with Gasteiger partial charge in [0.15, 0.2) is 0 Å². The number of carbonyl (C=O) groups excluding carboxylic acids is 3. The van der Waals surface area contributed by atoms with Crippen LogP contribution >= 0.6 is 0 Å². The van der Waals surface area contributed by atoms with Crippen LogP contribution in [0, 0.1) is 0 Å². The van der Waals surface area contributed by atoms with Crippen molar-refractivity contribution in [1.29, 1.82) is 0 Å². The minimum absolute atomic E-state index is 0.0522. The maximum absolute atomic E-state index is 13.3. The largest absolute Gasteiger partial charge is 0.356 e. The van der Waals surface area contributed by atoms with Crippen molar-refractivity contribution in [2.24, 2.45) is 0 Å². The summed E-state index contributed by atoms with van der Waals surface area (Å²) < 4.78 is 0. The Balaban J connectivity index is 1.48. The van der Waals surface area contributed by atoms with Crippen LogP contribution in [0.15, 0.2) is 60.7 Å². The first-order valence-corrected chi connectivity index (χ1v) is 11.6. The highest BCUT2D eigenvalue weighted by atomic mass is 16.2. The Labute approximate surface area is 189 Å². The maximum atomic E-state index is 13.3. The molecule has 1 saturated carbocycles. The normalized spacial score (nSPS) is 20.7. The van der Waals surface area contributed by atoms with E-state index in [1.165, 1.54) is 0 Å². The van der Waals surface area contributed by atoms with E-state index in [4.69, 9.17) is 0 Å². The van der Waals surface area contributed by atoms with Crippen LogP contribution in [0.4, 0.5) is 0 Å². The van der Waals surface area contributed by atoms with Gasteiger partial charge < -0.3 is 15.5 Å². The number of carbonyl (C=O) groups is 3. The summed E-state index contributed by atoms with van der Waals surface area (Å²) in [5, 5.41) is 5.86. The minimum Gasteiger partial charge on any atom is -0.356 e. The second-order valence-corrected chi connectivity index (χ2v) is 8.76. The molecule has 1 atom stereocenters. The molecule has 1 unspecified atom stereocenters. The van der Waals surface area contributed by atoms with Crippen LogP contribution in [0.3, 0.4) is 0 Å². The molecule has 2 aromatic carbocycles. The summed E-state index contributed by atoms with van der Waals surface area (Å²) in [6.07, 6.45) is 4.53. The summed E-state index contributed by atoms with van der Waals surface area (Å²) >= 11 is 0. The van der Waals surface area contributed by atoms with E-state index >= 15 is 0 Å². The van der Waals surface area contributed by atoms with Crippen molar-refractivity contribution in [2.45, 2.75) is 50.0 Å². The molecule has 6 heteroatoms. The molecule has 2 aromatic rings. The van der Waals surface area contributed by atoms with E-state index < -0.39 is 5.41 Å².